The number of rotatable bonds is 2. The summed E-state index contributed by atoms with van der Waals surface area (Å²) in [4.78, 5) is 41.7. The Morgan fingerprint density at radius 2 is 1.81 bits per heavy atom. The fourth-order valence-corrected chi connectivity index (χ4v) is 1.46. The van der Waals surface area contributed by atoms with Gasteiger partial charge in [-0.15, -0.1) is 0 Å². The Balaban J connectivity index is 0.000000262. The number of esters is 1. The van der Waals surface area contributed by atoms with Gasteiger partial charge in [-0.1, -0.05) is 0 Å². The number of amides is 2. The quantitative estimate of drug-likeness (QED) is 0.545. The van der Waals surface area contributed by atoms with Crippen molar-refractivity contribution >= 4 is 17.8 Å². The van der Waals surface area contributed by atoms with E-state index in [2.05, 4.69) is 15.8 Å². The van der Waals surface area contributed by atoms with Crippen LogP contribution in [0, 0.1) is 5.92 Å². The molecule has 2 amide bonds. The lowest BCUT2D eigenvalue weighted by Crippen LogP contribution is -2.31. The van der Waals surface area contributed by atoms with E-state index in [-0.39, 0.29) is 30.8 Å². The van der Waals surface area contributed by atoms with Gasteiger partial charge in [0.2, 0.25) is 5.91 Å². The zero-order chi connectivity index (χ0) is 16.0. The molecule has 120 valence electrons. The largest absolute Gasteiger partial charge is 0.460 e. The van der Waals surface area contributed by atoms with Crippen molar-refractivity contribution in [1.29, 1.82) is 0 Å². The number of ether oxygens (including phenoxy) is 1. The molecule has 9 heteroatoms. The summed E-state index contributed by atoms with van der Waals surface area (Å²) < 4.78 is 5.07. The molecule has 2 rings (SSSR count). The van der Waals surface area contributed by atoms with Crippen molar-refractivity contribution in [3.63, 3.8) is 0 Å². The van der Waals surface area contributed by atoms with Crippen LogP contribution in [0.5, 0.6) is 0 Å². The second kappa shape index (κ2) is 7.34. The van der Waals surface area contributed by atoms with Gasteiger partial charge in [0, 0.05) is 0 Å². The molecule has 0 unspecified atom stereocenters. The van der Waals surface area contributed by atoms with Gasteiger partial charge in [-0.05, 0) is 20.8 Å². The summed E-state index contributed by atoms with van der Waals surface area (Å²) in [6, 6.07) is -0.458. The summed E-state index contributed by atoms with van der Waals surface area (Å²) in [7, 11) is 0. The van der Waals surface area contributed by atoms with Crippen molar-refractivity contribution in [2.45, 2.75) is 38.8 Å². The number of nitrogens with two attached hydrogens (primary N) is 1. The lowest BCUT2D eigenvalue weighted by atomic mass is 10.1. The second-order valence-corrected chi connectivity index (χ2v) is 5.65. The summed E-state index contributed by atoms with van der Waals surface area (Å²) >= 11 is 0. The molecule has 21 heavy (non-hydrogen) atoms. The molecule has 0 aromatic heterocycles. The number of hydrogen-bond donors (Lipinski definition) is 3. The third-order valence-electron chi connectivity index (χ3n) is 2.43. The molecular formula is C12H21N3O6. The molecule has 0 spiro atoms. The molecule has 2 atom stereocenters. The van der Waals surface area contributed by atoms with E-state index in [9.17, 15) is 14.4 Å². The first-order chi connectivity index (χ1) is 9.69. The molecule has 0 radical (unpaired) electrons. The number of carbonyl (C=O) groups excluding carboxylic acids is 3. The number of hydrogen-bond acceptors (Lipinski definition) is 7. The summed E-state index contributed by atoms with van der Waals surface area (Å²) in [5.41, 5.74) is 8.93. The molecule has 0 saturated carbocycles. The van der Waals surface area contributed by atoms with Gasteiger partial charge in [0.05, 0.1) is 25.6 Å². The van der Waals surface area contributed by atoms with Crippen molar-refractivity contribution in [2.24, 2.45) is 11.7 Å². The molecule has 0 aromatic carbocycles. The summed E-state index contributed by atoms with van der Waals surface area (Å²) in [6.07, 6.45) is 0.0725. The van der Waals surface area contributed by atoms with Crippen LogP contribution >= 0.6 is 0 Å². The Hall–Kier alpha value is -1.71. The monoisotopic (exact) mass is 303 g/mol. The molecule has 0 bridgehead atoms. The number of hydroxylamine groups is 2. The first kappa shape index (κ1) is 17.3. The summed E-state index contributed by atoms with van der Waals surface area (Å²) in [5.74, 6) is -1.27. The van der Waals surface area contributed by atoms with Crippen LogP contribution in [0.1, 0.15) is 27.2 Å². The zero-order valence-electron chi connectivity index (χ0n) is 12.3. The molecule has 2 saturated heterocycles. The lowest BCUT2D eigenvalue weighted by Gasteiger charge is -2.19. The third kappa shape index (κ3) is 6.52. The molecule has 4 N–H and O–H groups in total. The van der Waals surface area contributed by atoms with Gasteiger partial charge >= 0.3 is 5.97 Å². The number of carbonyl (C=O) groups is 3. The highest BCUT2D eigenvalue weighted by atomic mass is 16.7. The predicted octanol–water partition coefficient (Wildman–Crippen LogP) is -1.23. The van der Waals surface area contributed by atoms with Crippen LogP contribution in [0.3, 0.4) is 0 Å². The van der Waals surface area contributed by atoms with Gasteiger partial charge in [-0.25, -0.2) is 11.0 Å². The van der Waals surface area contributed by atoms with Gasteiger partial charge in [0.1, 0.15) is 11.6 Å². The first-order valence-electron chi connectivity index (χ1n) is 6.50. The van der Waals surface area contributed by atoms with E-state index in [1.54, 1.807) is 20.8 Å². The minimum atomic E-state index is -0.507. The van der Waals surface area contributed by atoms with Crippen LogP contribution in [0.4, 0.5) is 0 Å². The maximum Gasteiger partial charge on any atom is 0.307 e. The minimum absolute atomic E-state index is 0.0725. The van der Waals surface area contributed by atoms with Crippen molar-refractivity contribution < 1.29 is 28.8 Å². The van der Waals surface area contributed by atoms with E-state index in [1.807, 2.05) is 0 Å². The average Bonchev–Trinajstić information content (AvgIpc) is 2.88. The summed E-state index contributed by atoms with van der Waals surface area (Å²) in [5, 5.41) is 0. The van der Waals surface area contributed by atoms with E-state index in [4.69, 9.17) is 15.3 Å². The minimum Gasteiger partial charge on any atom is -0.460 e. The van der Waals surface area contributed by atoms with Crippen molar-refractivity contribution in [3.8, 4) is 0 Å². The van der Waals surface area contributed by atoms with Crippen LogP contribution in [-0.2, 0) is 28.8 Å². The van der Waals surface area contributed by atoms with E-state index in [0.29, 0.717) is 6.61 Å². The smallest absolute Gasteiger partial charge is 0.307 e. The van der Waals surface area contributed by atoms with E-state index >= 15 is 0 Å². The first-order valence-corrected chi connectivity index (χ1v) is 6.50. The molecule has 2 aliphatic rings. The molecule has 0 aliphatic carbocycles. The average molecular weight is 303 g/mol. The van der Waals surface area contributed by atoms with Gasteiger partial charge in [0.25, 0.3) is 5.91 Å². The van der Waals surface area contributed by atoms with Crippen molar-refractivity contribution in [3.05, 3.63) is 0 Å². The molecule has 2 fully saturated rings. The number of nitrogens with one attached hydrogen (secondary N) is 2. The molecule has 2 aliphatic heterocycles. The van der Waals surface area contributed by atoms with Crippen LogP contribution in [-0.4, -0.2) is 42.6 Å². The fourth-order valence-electron chi connectivity index (χ4n) is 1.46. The van der Waals surface area contributed by atoms with Crippen LogP contribution in [0.2, 0.25) is 0 Å². The van der Waals surface area contributed by atoms with Crippen LogP contribution < -0.4 is 16.7 Å². The van der Waals surface area contributed by atoms with Gasteiger partial charge in [-0.3, -0.25) is 24.1 Å². The Morgan fingerprint density at radius 3 is 2.14 bits per heavy atom. The Kier molecular flexibility index (Phi) is 6.06. The molecular weight excluding hydrogens is 282 g/mol. The maximum absolute atomic E-state index is 11.3. The van der Waals surface area contributed by atoms with Crippen LogP contribution in [0.15, 0.2) is 0 Å². The van der Waals surface area contributed by atoms with E-state index < -0.39 is 17.6 Å². The fraction of sp³-hybridized carbons (Fsp3) is 0.750. The van der Waals surface area contributed by atoms with Crippen molar-refractivity contribution in [2.75, 3.05) is 13.2 Å². The second-order valence-electron chi connectivity index (χ2n) is 5.65. The standard InChI is InChI=1S/C9H15NO4.C3H6N2O2/c1-9(2,3)14-7(11)4-6-5-13-10-8(6)12;4-2-1-7-5-3(2)6/h6H,4-5H2,1-3H3,(H,10,12);2H,1,4H2,(H,5,6)/t6-;2-/m11/s1. The Morgan fingerprint density at radius 1 is 1.24 bits per heavy atom. The zero-order valence-corrected chi connectivity index (χ0v) is 12.3. The van der Waals surface area contributed by atoms with E-state index in [0.717, 1.165) is 0 Å². The van der Waals surface area contributed by atoms with Gasteiger partial charge in [-0.2, -0.15) is 0 Å². The van der Waals surface area contributed by atoms with Crippen molar-refractivity contribution in [1.82, 2.24) is 11.0 Å². The SMILES string of the molecule is CC(C)(C)OC(=O)C[C@@H]1CONC1=O.N[C@@H]1CONC1=O. The Bertz CT molecular complexity index is 406. The molecule has 0 aromatic rings. The Labute approximate surface area is 122 Å². The van der Waals surface area contributed by atoms with E-state index in [1.165, 1.54) is 0 Å². The topological polar surface area (TPSA) is 129 Å². The van der Waals surface area contributed by atoms with Gasteiger partial charge in [0.15, 0.2) is 0 Å². The lowest BCUT2D eigenvalue weighted by molar-refractivity contribution is -0.156. The van der Waals surface area contributed by atoms with Crippen LogP contribution in [0.25, 0.3) is 0 Å². The maximum atomic E-state index is 11.3. The highest BCUT2D eigenvalue weighted by molar-refractivity contribution is 5.84. The molecule has 2 heterocycles. The normalized spacial score (nSPS) is 24.8. The third-order valence-corrected chi connectivity index (χ3v) is 2.43. The highest BCUT2D eigenvalue weighted by Gasteiger charge is 2.29. The highest BCUT2D eigenvalue weighted by Crippen LogP contribution is 2.14. The predicted molar refractivity (Wildman–Crippen MR) is 70.1 cm³/mol. The molecule has 9 nitrogen and oxygen atoms in total. The van der Waals surface area contributed by atoms with Gasteiger partial charge < -0.3 is 10.5 Å². The summed E-state index contributed by atoms with van der Waals surface area (Å²) in [6.45, 7) is 5.89.